The second-order valence-corrected chi connectivity index (χ2v) is 11.0. The Morgan fingerprint density at radius 3 is 2.74 bits per heavy atom. The van der Waals surface area contributed by atoms with Crippen LogP contribution in [0.15, 0.2) is 31.1 Å². The van der Waals surface area contributed by atoms with E-state index in [1.807, 2.05) is 4.90 Å². The fourth-order valence-electron chi connectivity index (χ4n) is 6.10. The van der Waals surface area contributed by atoms with Gasteiger partial charge in [0, 0.05) is 50.2 Å². The van der Waals surface area contributed by atoms with Crippen LogP contribution in [0.3, 0.4) is 0 Å². The Kier molecular flexibility index (Phi) is 8.82. The summed E-state index contributed by atoms with van der Waals surface area (Å²) in [5.41, 5.74) is 0.736. The van der Waals surface area contributed by atoms with E-state index in [9.17, 15) is 23.2 Å². The van der Waals surface area contributed by atoms with Crippen LogP contribution in [0.25, 0.3) is 0 Å². The summed E-state index contributed by atoms with van der Waals surface area (Å²) in [7, 11) is 2.05. The minimum atomic E-state index is -4.55. The average molecular weight is 585 g/mol. The Balaban J connectivity index is 1.50. The quantitative estimate of drug-likeness (QED) is 0.453. The third kappa shape index (κ3) is 6.28. The van der Waals surface area contributed by atoms with E-state index < -0.39 is 11.7 Å². The van der Waals surface area contributed by atoms with Gasteiger partial charge in [-0.05, 0) is 51.4 Å². The summed E-state index contributed by atoms with van der Waals surface area (Å²) in [6.07, 6.45) is 2.32. The largest absolute Gasteiger partial charge is 0.462 e. The van der Waals surface area contributed by atoms with Crippen LogP contribution < -0.4 is 14.5 Å². The second kappa shape index (κ2) is 12.5. The number of carbonyl (C=O) groups is 1. The fraction of sp³-hybridized carbons (Fsp3) is 0.552. The maximum absolute atomic E-state index is 13.9. The molecule has 5 rings (SSSR count). The molecule has 2 aromatic heterocycles. The Hall–Kier alpha value is -3.92. The van der Waals surface area contributed by atoms with Crippen LogP contribution in [0.2, 0.25) is 0 Å². The third-order valence-corrected chi connectivity index (χ3v) is 8.33. The number of anilines is 2. The van der Waals surface area contributed by atoms with Gasteiger partial charge >= 0.3 is 12.2 Å². The number of piperazine rings is 1. The number of halogens is 3. The summed E-state index contributed by atoms with van der Waals surface area (Å²) in [5, 5.41) is 9.46. The first kappa shape index (κ1) is 29.6. The van der Waals surface area contributed by atoms with Crippen molar-refractivity contribution in [2.75, 3.05) is 56.2 Å². The molecule has 224 valence electrons. The molecule has 2 atom stereocenters. The molecule has 1 unspecified atom stereocenters. The number of rotatable bonds is 7. The molecule has 0 aliphatic carbocycles. The van der Waals surface area contributed by atoms with Crippen molar-refractivity contribution in [1.29, 1.82) is 5.26 Å². The second-order valence-electron chi connectivity index (χ2n) is 11.0. The van der Waals surface area contributed by atoms with Crippen molar-refractivity contribution in [2.24, 2.45) is 0 Å². The van der Waals surface area contributed by atoms with E-state index in [-0.39, 0.29) is 42.7 Å². The fourth-order valence-corrected chi connectivity index (χ4v) is 6.10. The van der Waals surface area contributed by atoms with Crippen LogP contribution in [0.4, 0.5) is 24.7 Å². The standard InChI is InChI=1S/C29H35F3N8O2/c1-3-26(41)40-15-14-39(17-20(40)8-10-33)27-22-7-5-13-38(25-9-11-34-16-23(25)29(30,31)32)18-24(22)35-28(36-27)42-19-21-6-4-12-37(21)2/h3,9,11,16,20-21H,1,4-8,12-15,17-19H2,2H3/t20?,21-/m0/s1. The molecular formula is C29H35F3N8O2. The van der Waals surface area contributed by atoms with Gasteiger partial charge in [0.25, 0.3) is 0 Å². The number of nitrogens with zero attached hydrogens (tertiary/aromatic N) is 8. The molecule has 2 aromatic rings. The lowest BCUT2D eigenvalue weighted by molar-refractivity contribution is -0.137. The number of likely N-dealkylation sites (N-methyl/N-ethyl adjacent to an activating group) is 1. The molecule has 0 radical (unpaired) electrons. The van der Waals surface area contributed by atoms with Crippen molar-refractivity contribution in [3.8, 4) is 12.1 Å². The highest BCUT2D eigenvalue weighted by Gasteiger charge is 2.37. The van der Waals surface area contributed by atoms with E-state index in [4.69, 9.17) is 14.7 Å². The van der Waals surface area contributed by atoms with E-state index in [0.29, 0.717) is 57.1 Å². The Labute approximate surface area is 243 Å². The molecular weight excluding hydrogens is 549 g/mol. The van der Waals surface area contributed by atoms with Crippen molar-refractivity contribution < 1.29 is 22.7 Å². The van der Waals surface area contributed by atoms with Gasteiger partial charge in [0.2, 0.25) is 5.91 Å². The minimum Gasteiger partial charge on any atom is -0.462 e. The highest BCUT2D eigenvalue weighted by Crippen LogP contribution is 2.38. The predicted molar refractivity (Wildman–Crippen MR) is 150 cm³/mol. The SMILES string of the molecule is C=CC(=O)N1CCN(c2nc(OC[C@@H]3CCCN3C)nc3c2CCCN(c2ccncc2C(F)(F)F)C3)CC1CC#N. The highest BCUT2D eigenvalue weighted by atomic mass is 19.4. The van der Waals surface area contributed by atoms with E-state index in [1.54, 1.807) is 9.80 Å². The molecule has 0 spiro atoms. The number of likely N-dealkylation sites (tertiary alicyclic amines) is 1. The number of nitriles is 1. The number of alkyl halides is 3. The summed E-state index contributed by atoms with van der Waals surface area (Å²) in [5.74, 6) is 0.422. The third-order valence-electron chi connectivity index (χ3n) is 8.33. The molecule has 5 heterocycles. The van der Waals surface area contributed by atoms with Crippen molar-refractivity contribution >= 4 is 17.4 Å². The maximum atomic E-state index is 13.9. The Morgan fingerprint density at radius 1 is 1.19 bits per heavy atom. The van der Waals surface area contributed by atoms with Crippen LogP contribution in [0.1, 0.15) is 42.5 Å². The minimum absolute atomic E-state index is 0.0613. The number of pyridine rings is 1. The molecule has 42 heavy (non-hydrogen) atoms. The summed E-state index contributed by atoms with van der Waals surface area (Å²) in [4.78, 5) is 33.4. The predicted octanol–water partition coefficient (Wildman–Crippen LogP) is 3.43. The number of amides is 1. The molecule has 10 nitrogen and oxygen atoms in total. The monoisotopic (exact) mass is 584 g/mol. The first-order valence-corrected chi connectivity index (χ1v) is 14.2. The zero-order valence-electron chi connectivity index (χ0n) is 23.7. The van der Waals surface area contributed by atoms with Gasteiger partial charge in [0.15, 0.2) is 0 Å². The summed E-state index contributed by atoms with van der Waals surface area (Å²) in [6.45, 7) is 6.76. The first-order valence-electron chi connectivity index (χ1n) is 14.2. The topological polar surface area (TPSA) is 102 Å². The van der Waals surface area contributed by atoms with Crippen molar-refractivity contribution in [3.05, 3.63) is 47.9 Å². The summed E-state index contributed by atoms with van der Waals surface area (Å²) < 4.78 is 47.8. The molecule has 1 amide bonds. The highest BCUT2D eigenvalue weighted by molar-refractivity contribution is 5.87. The van der Waals surface area contributed by atoms with E-state index in [0.717, 1.165) is 31.1 Å². The van der Waals surface area contributed by atoms with Crippen molar-refractivity contribution in [3.63, 3.8) is 0 Å². The van der Waals surface area contributed by atoms with Gasteiger partial charge in [0.05, 0.1) is 42.0 Å². The molecule has 0 N–H and O–H groups in total. The number of aromatic nitrogens is 3. The summed E-state index contributed by atoms with van der Waals surface area (Å²) >= 11 is 0. The van der Waals surface area contributed by atoms with E-state index >= 15 is 0 Å². The zero-order chi connectivity index (χ0) is 29.9. The lowest BCUT2D eigenvalue weighted by Crippen LogP contribution is -2.55. The molecule has 3 aliphatic heterocycles. The average Bonchev–Trinajstić information content (AvgIpc) is 3.26. The van der Waals surface area contributed by atoms with E-state index in [2.05, 4.69) is 29.6 Å². The van der Waals surface area contributed by atoms with Gasteiger partial charge in [0.1, 0.15) is 12.4 Å². The van der Waals surface area contributed by atoms with Gasteiger partial charge in [-0.25, -0.2) is 0 Å². The zero-order valence-corrected chi connectivity index (χ0v) is 23.7. The summed E-state index contributed by atoms with van der Waals surface area (Å²) in [6, 6.07) is 3.62. The van der Waals surface area contributed by atoms with Crippen LogP contribution in [-0.2, 0) is 23.9 Å². The van der Waals surface area contributed by atoms with Crippen LogP contribution in [-0.4, -0.2) is 89.1 Å². The molecule has 2 saturated heterocycles. The molecule has 0 bridgehead atoms. The molecule has 2 fully saturated rings. The number of carbonyl (C=O) groups excluding carboxylic acids is 1. The van der Waals surface area contributed by atoms with Crippen molar-refractivity contribution in [2.45, 2.75) is 56.9 Å². The van der Waals surface area contributed by atoms with Crippen molar-refractivity contribution in [1.82, 2.24) is 24.8 Å². The molecule has 3 aliphatic rings. The normalized spacial score (nSPS) is 21.5. The van der Waals surface area contributed by atoms with Gasteiger partial charge in [-0.2, -0.15) is 28.4 Å². The van der Waals surface area contributed by atoms with Gasteiger partial charge in [-0.15, -0.1) is 0 Å². The molecule has 0 saturated carbocycles. The molecule has 0 aromatic carbocycles. The lowest BCUT2D eigenvalue weighted by atomic mass is 10.1. The number of ether oxygens (including phenoxy) is 1. The molecule has 13 heteroatoms. The van der Waals surface area contributed by atoms with Gasteiger partial charge in [-0.1, -0.05) is 6.58 Å². The van der Waals surface area contributed by atoms with Crippen LogP contribution >= 0.6 is 0 Å². The number of hydrogen-bond acceptors (Lipinski definition) is 9. The smallest absolute Gasteiger partial charge is 0.419 e. The van der Waals surface area contributed by atoms with Gasteiger partial charge < -0.3 is 24.3 Å². The van der Waals surface area contributed by atoms with Crippen LogP contribution in [0, 0.1) is 11.3 Å². The number of hydrogen-bond donors (Lipinski definition) is 0. The van der Waals surface area contributed by atoms with E-state index in [1.165, 1.54) is 18.3 Å². The number of fused-ring (bicyclic) bond motifs is 1. The lowest BCUT2D eigenvalue weighted by Gasteiger charge is -2.41. The Bertz CT molecular complexity index is 1350. The first-order chi connectivity index (χ1) is 20.2. The maximum Gasteiger partial charge on any atom is 0.419 e. The van der Waals surface area contributed by atoms with Crippen LogP contribution in [0.5, 0.6) is 6.01 Å². The van der Waals surface area contributed by atoms with Gasteiger partial charge in [-0.3, -0.25) is 9.78 Å². The Morgan fingerprint density at radius 2 is 2.02 bits per heavy atom.